The van der Waals surface area contributed by atoms with Crippen LogP contribution in [0.4, 0.5) is 5.69 Å². The van der Waals surface area contributed by atoms with Gasteiger partial charge in [0.15, 0.2) is 5.16 Å². The predicted octanol–water partition coefficient (Wildman–Crippen LogP) is 4.49. The zero-order valence-electron chi connectivity index (χ0n) is 18.5. The SMILES string of the molecule is COc1cccc(CSc2nc(C)c(CC(=O)Nc3c(C)cc(C)cc3C)c(=O)[nH]2)c1. The zero-order valence-corrected chi connectivity index (χ0v) is 19.3. The Hall–Kier alpha value is -3.06. The molecule has 0 unspecified atom stereocenters. The molecule has 6 nitrogen and oxygen atoms in total. The molecule has 0 bridgehead atoms. The number of H-pyrrole nitrogens is 1. The Morgan fingerprint density at radius 1 is 1.13 bits per heavy atom. The van der Waals surface area contributed by atoms with Gasteiger partial charge in [-0.15, -0.1) is 0 Å². The molecule has 0 aliphatic heterocycles. The van der Waals surface area contributed by atoms with Gasteiger partial charge in [-0.05, 0) is 56.5 Å². The highest BCUT2D eigenvalue weighted by Gasteiger charge is 2.15. The molecule has 1 aromatic heterocycles. The van der Waals surface area contributed by atoms with Gasteiger partial charge in [-0.3, -0.25) is 9.59 Å². The molecule has 2 N–H and O–H groups in total. The fraction of sp³-hybridized carbons (Fsp3) is 0.292. The van der Waals surface area contributed by atoms with Gasteiger partial charge < -0.3 is 15.0 Å². The molecular weight excluding hydrogens is 410 g/mol. The molecule has 0 radical (unpaired) electrons. The number of aryl methyl sites for hydroxylation is 4. The largest absolute Gasteiger partial charge is 0.497 e. The number of hydrogen-bond acceptors (Lipinski definition) is 5. The number of carbonyl (C=O) groups is 1. The lowest BCUT2D eigenvalue weighted by Crippen LogP contribution is -2.24. The fourth-order valence-corrected chi connectivity index (χ4v) is 4.35. The van der Waals surface area contributed by atoms with E-state index < -0.39 is 0 Å². The normalized spacial score (nSPS) is 10.7. The number of carbonyl (C=O) groups excluding carboxylic acids is 1. The van der Waals surface area contributed by atoms with Crippen LogP contribution in [0.25, 0.3) is 0 Å². The summed E-state index contributed by atoms with van der Waals surface area (Å²) in [7, 11) is 1.63. The molecule has 0 aliphatic rings. The van der Waals surface area contributed by atoms with Crippen molar-refractivity contribution in [3.05, 3.63) is 80.3 Å². The van der Waals surface area contributed by atoms with Crippen LogP contribution >= 0.6 is 11.8 Å². The number of ether oxygens (including phenoxy) is 1. The van der Waals surface area contributed by atoms with Crippen molar-refractivity contribution in [2.24, 2.45) is 0 Å². The second kappa shape index (κ2) is 9.83. The molecular formula is C24H27N3O3S. The van der Waals surface area contributed by atoms with Crippen molar-refractivity contribution in [2.75, 3.05) is 12.4 Å². The summed E-state index contributed by atoms with van der Waals surface area (Å²) in [6.45, 7) is 7.71. The number of anilines is 1. The van der Waals surface area contributed by atoms with Gasteiger partial charge in [0.1, 0.15) is 5.75 Å². The number of thioether (sulfide) groups is 1. The van der Waals surface area contributed by atoms with E-state index >= 15 is 0 Å². The number of nitrogens with zero attached hydrogens (tertiary/aromatic N) is 1. The van der Waals surface area contributed by atoms with Crippen molar-refractivity contribution >= 4 is 23.4 Å². The van der Waals surface area contributed by atoms with E-state index in [1.54, 1.807) is 14.0 Å². The van der Waals surface area contributed by atoms with E-state index in [2.05, 4.69) is 15.3 Å². The first-order valence-electron chi connectivity index (χ1n) is 10.00. The standard InChI is InChI=1S/C24H27N3O3S/c1-14-9-15(2)22(16(3)10-14)26-21(28)12-20-17(4)25-24(27-23(20)29)31-13-18-7-6-8-19(11-18)30-5/h6-11H,12-13H2,1-5H3,(H,26,28)(H,25,27,29). The van der Waals surface area contributed by atoms with E-state index in [9.17, 15) is 9.59 Å². The number of hydrogen-bond donors (Lipinski definition) is 2. The highest BCUT2D eigenvalue weighted by atomic mass is 32.2. The van der Waals surface area contributed by atoms with E-state index in [1.807, 2.05) is 57.2 Å². The molecule has 3 aromatic rings. The average Bonchev–Trinajstić information content (AvgIpc) is 2.72. The van der Waals surface area contributed by atoms with E-state index in [4.69, 9.17) is 4.74 Å². The van der Waals surface area contributed by atoms with Gasteiger partial charge in [-0.1, -0.05) is 41.6 Å². The van der Waals surface area contributed by atoms with Crippen LogP contribution in [0.1, 0.15) is 33.5 Å². The summed E-state index contributed by atoms with van der Waals surface area (Å²) in [5, 5.41) is 3.47. The first kappa shape index (κ1) is 22.6. The van der Waals surface area contributed by atoms with Gasteiger partial charge in [0.05, 0.1) is 13.5 Å². The van der Waals surface area contributed by atoms with Crippen LogP contribution in [-0.4, -0.2) is 23.0 Å². The third-order valence-corrected chi connectivity index (χ3v) is 5.93. The minimum atomic E-state index is -0.284. The molecule has 3 rings (SSSR count). The van der Waals surface area contributed by atoms with Gasteiger partial charge in [-0.2, -0.15) is 0 Å². The van der Waals surface area contributed by atoms with Gasteiger partial charge in [-0.25, -0.2) is 4.98 Å². The van der Waals surface area contributed by atoms with Crippen LogP contribution in [0.3, 0.4) is 0 Å². The molecule has 0 spiro atoms. The van der Waals surface area contributed by atoms with E-state index in [0.29, 0.717) is 22.2 Å². The lowest BCUT2D eigenvalue weighted by atomic mass is 10.0. The van der Waals surface area contributed by atoms with Crippen LogP contribution in [0, 0.1) is 27.7 Å². The topological polar surface area (TPSA) is 84.1 Å². The van der Waals surface area contributed by atoms with Crippen molar-refractivity contribution in [3.8, 4) is 5.75 Å². The second-order valence-electron chi connectivity index (χ2n) is 7.57. The van der Waals surface area contributed by atoms with E-state index in [1.165, 1.54) is 11.8 Å². The lowest BCUT2D eigenvalue weighted by molar-refractivity contribution is -0.115. The molecule has 31 heavy (non-hydrogen) atoms. The number of rotatable bonds is 7. The smallest absolute Gasteiger partial charge is 0.255 e. The quantitative estimate of drug-likeness (QED) is 0.420. The Kier molecular flexibility index (Phi) is 7.17. The molecule has 0 saturated heterocycles. The van der Waals surface area contributed by atoms with Crippen LogP contribution in [-0.2, 0) is 17.0 Å². The first-order chi connectivity index (χ1) is 14.8. The van der Waals surface area contributed by atoms with Crippen LogP contribution in [0.2, 0.25) is 0 Å². The van der Waals surface area contributed by atoms with Gasteiger partial charge in [0, 0.05) is 22.7 Å². The summed E-state index contributed by atoms with van der Waals surface area (Å²) < 4.78 is 5.24. The van der Waals surface area contributed by atoms with Crippen LogP contribution in [0.5, 0.6) is 5.75 Å². The molecule has 0 aliphatic carbocycles. The maximum Gasteiger partial charge on any atom is 0.255 e. The molecule has 7 heteroatoms. The molecule has 162 valence electrons. The molecule has 1 amide bonds. The molecule has 0 fully saturated rings. The Labute approximate surface area is 186 Å². The summed E-state index contributed by atoms with van der Waals surface area (Å²) >= 11 is 1.43. The number of aromatic nitrogens is 2. The molecule has 0 atom stereocenters. The summed E-state index contributed by atoms with van der Waals surface area (Å²) in [6.07, 6.45) is -0.0260. The minimum Gasteiger partial charge on any atom is -0.497 e. The third kappa shape index (κ3) is 5.76. The number of benzene rings is 2. The van der Waals surface area contributed by atoms with Gasteiger partial charge in [0.2, 0.25) is 5.91 Å². The monoisotopic (exact) mass is 437 g/mol. The second-order valence-corrected chi connectivity index (χ2v) is 8.54. The Morgan fingerprint density at radius 3 is 2.48 bits per heavy atom. The van der Waals surface area contributed by atoms with Crippen LogP contribution < -0.4 is 15.6 Å². The van der Waals surface area contributed by atoms with E-state index in [-0.39, 0.29) is 17.9 Å². The van der Waals surface area contributed by atoms with Crippen molar-refractivity contribution < 1.29 is 9.53 Å². The van der Waals surface area contributed by atoms with Gasteiger partial charge >= 0.3 is 0 Å². The third-order valence-electron chi connectivity index (χ3n) is 4.99. The molecule has 1 heterocycles. The summed E-state index contributed by atoms with van der Waals surface area (Å²) in [6, 6.07) is 11.8. The highest BCUT2D eigenvalue weighted by Crippen LogP contribution is 2.23. The maximum atomic E-state index is 12.6. The summed E-state index contributed by atoms with van der Waals surface area (Å²) in [5.74, 6) is 1.20. The summed E-state index contributed by atoms with van der Waals surface area (Å²) in [5.41, 5.74) is 5.66. The highest BCUT2D eigenvalue weighted by molar-refractivity contribution is 7.98. The van der Waals surface area contributed by atoms with Gasteiger partial charge in [0.25, 0.3) is 5.56 Å². The Bertz CT molecular complexity index is 1150. The lowest BCUT2D eigenvalue weighted by Gasteiger charge is -2.13. The number of aromatic amines is 1. The fourth-order valence-electron chi connectivity index (χ4n) is 3.50. The number of amides is 1. The Balaban J connectivity index is 1.70. The van der Waals surface area contributed by atoms with Crippen molar-refractivity contribution in [1.82, 2.24) is 9.97 Å². The zero-order chi connectivity index (χ0) is 22.5. The molecule has 0 saturated carbocycles. The first-order valence-corrected chi connectivity index (χ1v) is 11.0. The van der Waals surface area contributed by atoms with Crippen molar-refractivity contribution in [2.45, 2.75) is 45.0 Å². The Morgan fingerprint density at radius 2 is 1.84 bits per heavy atom. The number of methoxy groups -OCH3 is 1. The van der Waals surface area contributed by atoms with Crippen LogP contribution in [0.15, 0.2) is 46.3 Å². The summed E-state index contributed by atoms with van der Waals surface area (Å²) in [4.78, 5) is 32.5. The number of nitrogens with one attached hydrogen (secondary N) is 2. The average molecular weight is 438 g/mol. The van der Waals surface area contributed by atoms with E-state index in [0.717, 1.165) is 33.7 Å². The minimum absolute atomic E-state index is 0.0260. The predicted molar refractivity (Wildman–Crippen MR) is 125 cm³/mol. The van der Waals surface area contributed by atoms with Crippen molar-refractivity contribution in [1.29, 1.82) is 0 Å². The van der Waals surface area contributed by atoms with Crippen molar-refractivity contribution in [3.63, 3.8) is 0 Å². The maximum absolute atomic E-state index is 12.6. The molecule has 2 aromatic carbocycles.